The molecule has 1 unspecified atom stereocenters. The number of hydrogen-bond donors (Lipinski definition) is 1. The van der Waals surface area contributed by atoms with E-state index in [4.69, 9.17) is 9.73 Å². The number of rotatable bonds is 10. The van der Waals surface area contributed by atoms with Crippen molar-refractivity contribution in [3.8, 4) is 0 Å². The maximum absolute atomic E-state index is 14.0. The van der Waals surface area contributed by atoms with E-state index >= 15 is 0 Å². The van der Waals surface area contributed by atoms with E-state index in [0.29, 0.717) is 43.6 Å². The average molecular weight is 718 g/mol. The standard InChI is InChI=1S/C40H43N7O4S/c1-44(2)33-16-8-28(9-17-33)26-36(48)46-21-5-7-35(46)38(49)42-30-12-10-29(11-13-30)37-39(50)47(27-32-6-3-4-20-41-32)40(52-37)43-31-14-18-34(19-15-31)45-22-24-51-25-23-45/h3-4,6,8-20,35,37H,5,7,21-27H2,1-2H3,(H,42,49)/b43-40-/t35-,37?/m0/s1. The molecule has 268 valence electrons. The number of anilines is 3. The number of amidine groups is 1. The fourth-order valence-corrected chi connectivity index (χ4v) is 7.89. The lowest BCUT2D eigenvalue weighted by molar-refractivity contribution is -0.136. The van der Waals surface area contributed by atoms with Gasteiger partial charge in [0.1, 0.15) is 11.3 Å². The van der Waals surface area contributed by atoms with Crippen molar-refractivity contribution in [1.82, 2.24) is 14.8 Å². The number of aliphatic imine (C=N–C) groups is 1. The Bertz CT molecular complexity index is 1900. The van der Waals surface area contributed by atoms with Crippen LogP contribution in [0.3, 0.4) is 0 Å². The van der Waals surface area contributed by atoms with Crippen molar-refractivity contribution < 1.29 is 19.1 Å². The molecule has 0 radical (unpaired) electrons. The maximum atomic E-state index is 14.0. The predicted molar refractivity (Wildman–Crippen MR) is 206 cm³/mol. The van der Waals surface area contributed by atoms with E-state index in [1.165, 1.54) is 11.8 Å². The van der Waals surface area contributed by atoms with E-state index in [-0.39, 0.29) is 24.1 Å². The second-order valence-electron chi connectivity index (χ2n) is 13.3. The highest BCUT2D eigenvalue weighted by Gasteiger charge is 2.39. The molecule has 3 saturated heterocycles. The molecule has 0 saturated carbocycles. The molecule has 3 fully saturated rings. The lowest BCUT2D eigenvalue weighted by Crippen LogP contribution is -2.43. The number of carbonyl (C=O) groups is 3. The predicted octanol–water partition coefficient (Wildman–Crippen LogP) is 5.66. The van der Waals surface area contributed by atoms with Crippen molar-refractivity contribution in [2.75, 3.05) is 62.1 Å². The molecular formula is C40H43N7O4S. The topological polar surface area (TPSA) is 111 Å². The van der Waals surface area contributed by atoms with Gasteiger partial charge in [0.15, 0.2) is 5.17 Å². The Morgan fingerprint density at radius 2 is 1.69 bits per heavy atom. The fourth-order valence-electron chi connectivity index (χ4n) is 6.71. The maximum Gasteiger partial charge on any atom is 0.247 e. The molecule has 0 bridgehead atoms. The summed E-state index contributed by atoms with van der Waals surface area (Å²) in [6, 6.07) is 28.5. The van der Waals surface area contributed by atoms with Gasteiger partial charge in [-0.15, -0.1) is 0 Å². The minimum absolute atomic E-state index is 0.0526. The van der Waals surface area contributed by atoms with Crippen LogP contribution in [0.1, 0.15) is 34.9 Å². The molecule has 52 heavy (non-hydrogen) atoms. The SMILES string of the molecule is CN(C)c1ccc(CC(=O)N2CCC[C@H]2C(=O)Nc2ccc(C3S/C(=N\c4ccc(N5CCOCC5)cc4)N(Cc4ccccn4)C3=O)cc2)cc1. The van der Waals surface area contributed by atoms with Crippen LogP contribution in [0.25, 0.3) is 0 Å². The Labute approximate surface area is 308 Å². The van der Waals surface area contributed by atoms with Gasteiger partial charge in [-0.25, -0.2) is 4.99 Å². The van der Waals surface area contributed by atoms with Gasteiger partial charge >= 0.3 is 0 Å². The van der Waals surface area contributed by atoms with Crippen LogP contribution in [0.2, 0.25) is 0 Å². The fraction of sp³-hybridized carbons (Fsp3) is 0.325. The van der Waals surface area contributed by atoms with Crippen LogP contribution in [0, 0.1) is 0 Å². The van der Waals surface area contributed by atoms with Gasteiger partial charge in [0.2, 0.25) is 17.7 Å². The zero-order valence-electron chi connectivity index (χ0n) is 29.5. The number of morpholine rings is 1. The molecule has 0 aliphatic carbocycles. The number of nitrogens with one attached hydrogen (secondary N) is 1. The van der Waals surface area contributed by atoms with Crippen LogP contribution >= 0.6 is 11.8 Å². The number of carbonyl (C=O) groups excluding carboxylic acids is 3. The van der Waals surface area contributed by atoms with Gasteiger partial charge < -0.3 is 24.8 Å². The summed E-state index contributed by atoms with van der Waals surface area (Å²) < 4.78 is 5.49. The number of likely N-dealkylation sites (tertiary alicyclic amines) is 1. The second-order valence-corrected chi connectivity index (χ2v) is 14.4. The molecular weight excluding hydrogens is 675 g/mol. The third-order valence-corrected chi connectivity index (χ3v) is 10.8. The Morgan fingerprint density at radius 3 is 2.38 bits per heavy atom. The Hall–Kier alpha value is -5.20. The summed E-state index contributed by atoms with van der Waals surface area (Å²) in [6.45, 7) is 4.00. The van der Waals surface area contributed by atoms with Gasteiger partial charge in [-0.2, -0.15) is 0 Å². The van der Waals surface area contributed by atoms with Crippen molar-refractivity contribution in [3.05, 3.63) is 114 Å². The van der Waals surface area contributed by atoms with Gasteiger partial charge in [-0.05, 0) is 84.6 Å². The molecule has 2 atom stereocenters. The van der Waals surface area contributed by atoms with Crippen molar-refractivity contribution in [1.29, 1.82) is 0 Å². The Kier molecular flexibility index (Phi) is 10.8. The van der Waals surface area contributed by atoms with Crippen LogP contribution in [0.5, 0.6) is 0 Å². The number of ether oxygens (including phenoxy) is 1. The number of hydrogen-bond acceptors (Lipinski definition) is 9. The minimum atomic E-state index is -0.526. The number of amides is 3. The number of thioether (sulfide) groups is 1. The third-order valence-electron chi connectivity index (χ3n) is 9.61. The summed E-state index contributed by atoms with van der Waals surface area (Å²) in [6.07, 6.45) is 3.37. The molecule has 4 heterocycles. The second kappa shape index (κ2) is 16.0. The first-order valence-corrected chi connectivity index (χ1v) is 18.6. The van der Waals surface area contributed by atoms with Gasteiger partial charge in [-0.1, -0.05) is 42.1 Å². The molecule has 1 N–H and O–H groups in total. The molecule has 3 aliphatic rings. The molecule has 4 aromatic rings. The molecule has 3 amide bonds. The number of pyridine rings is 1. The van der Waals surface area contributed by atoms with Crippen molar-refractivity contribution in [2.24, 2.45) is 4.99 Å². The first-order valence-electron chi connectivity index (χ1n) is 17.7. The highest BCUT2D eigenvalue weighted by atomic mass is 32.2. The number of nitrogens with zero attached hydrogens (tertiary/aromatic N) is 6. The normalized spacial score (nSPS) is 19.7. The van der Waals surface area contributed by atoms with Crippen LogP contribution in [-0.4, -0.2) is 90.7 Å². The van der Waals surface area contributed by atoms with Crippen molar-refractivity contribution >= 4 is 57.4 Å². The highest BCUT2D eigenvalue weighted by Crippen LogP contribution is 2.41. The zero-order valence-corrected chi connectivity index (χ0v) is 30.3. The van der Waals surface area contributed by atoms with E-state index in [1.807, 2.05) is 97.9 Å². The van der Waals surface area contributed by atoms with Crippen LogP contribution in [-0.2, 0) is 32.1 Å². The summed E-state index contributed by atoms with van der Waals surface area (Å²) in [5.74, 6) is -0.334. The zero-order chi connectivity index (χ0) is 36.0. The summed E-state index contributed by atoms with van der Waals surface area (Å²) in [4.78, 5) is 57.7. The first kappa shape index (κ1) is 35.2. The molecule has 12 heteroatoms. The summed E-state index contributed by atoms with van der Waals surface area (Å²) in [5.41, 5.74) is 6.07. The molecule has 3 aromatic carbocycles. The Balaban J connectivity index is 1.02. The quantitative estimate of drug-likeness (QED) is 0.224. The summed E-state index contributed by atoms with van der Waals surface area (Å²) in [7, 11) is 3.96. The smallest absolute Gasteiger partial charge is 0.247 e. The lowest BCUT2D eigenvalue weighted by Gasteiger charge is -2.28. The monoisotopic (exact) mass is 717 g/mol. The van der Waals surface area contributed by atoms with Crippen LogP contribution in [0.15, 0.2) is 102 Å². The van der Waals surface area contributed by atoms with Crippen LogP contribution in [0.4, 0.5) is 22.7 Å². The van der Waals surface area contributed by atoms with E-state index < -0.39 is 11.3 Å². The number of aromatic nitrogens is 1. The van der Waals surface area contributed by atoms with E-state index in [0.717, 1.165) is 53.4 Å². The van der Waals surface area contributed by atoms with E-state index in [2.05, 4.69) is 27.3 Å². The van der Waals surface area contributed by atoms with Crippen molar-refractivity contribution in [2.45, 2.75) is 37.1 Å². The Morgan fingerprint density at radius 1 is 0.942 bits per heavy atom. The molecule has 7 rings (SSSR count). The van der Waals surface area contributed by atoms with Gasteiger partial charge in [0.25, 0.3) is 0 Å². The van der Waals surface area contributed by atoms with E-state index in [9.17, 15) is 14.4 Å². The number of benzene rings is 3. The summed E-state index contributed by atoms with van der Waals surface area (Å²) >= 11 is 1.41. The average Bonchev–Trinajstić information content (AvgIpc) is 3.79. The van der Waals surface area contributed by atoms with Crippen LogP contribution < -0.4 is 15.1 Å². The van der Waals surface area contributed by atoms with Gasteiger partial charge in [-0.3, -0.25) is 24.3 Å². The summed E-state index contributed by atoms with van der Waals surface area (Å²) in [5, 5.41) is 3.11. The first-order chi connectivity index (χ1) is 25.3. The third kappa shape index (κ3) is 8.13. The molecule has 11 nitrogen and oxygen atoms in total. The van der Waals surface area contributed by atoms with Gasteiger partial charge in [0.05, 0.1) is 37.6 Å². The highest BCUT2D eigenvalue weighted by molar-refractivity contribution is 8.15. The molecule has 3 aliphatic heterocycles. The molecule has 1 aromatic heterocycles. The minimum Gasteiger partial charge on any atom is -0.378 e. The molecule has 0 spiro atoms. The van der Waals surface area contributed by atoms with E-state index in [1.54, 1.807) is 16.0 Å². The van der Waals surface area contributed by atoms with Crippen molar-refractivity contribution in [3.63, 3.8) is 0 Å². The largest absolute Gasteiger partial charge is 0.378 e. The lowest BCUT2D eigenvalue weighted by atomic mass is 10.1. The van der Waals surface area contributed by atoms with Gasteiger partial charge in [0, 0.05) is 57.0 Å².